The van der Waals surface area contributed by atoms with Crippen molar-refractivity contribution in [2.45, 2.75) is 13.0 Å². The van der Waals surface area contributed by atoms with Crippen LogP contribution < -0.4 is 26.3 Å². The Labute approximate surface area is 196 Å². The molecule has 10 nitrogen and oxygen atoms in total. The zero-order chi connectivity index (χ0) is 24.1. The Morgan fingerprint density at radius 1 is 1.12 bits per heavy atom. The van der Waals surface area contributed by atoms with Crippen LogP contribution in [0.1, 0.15) is 12.0 Å². The molecule has 0 saturated carbocycles. The predicted octanol–water partition coefficient (Wildman–Crippen LogP) is 2.40. The van der Waals surface area contributed by atoms with Gasteiger partial charge in [0, 0.05) is 33.4 Å². The first-order valence-corrected chi connectivity index (χ1v) is 10.9. The van der Waals surface area contributed by atoms with Gasteiger partial charge in [0.1, 0.15) is 5.75 Å². The number of para-hydroxylation sites is 1. The van der Waals surface area contributed by atoms with E-state index in [0.717, 1.165) is 17.0 Å². The maximum absolute atomic E-state index is 12.6. The molecule has 10 heteroatoms. The normalized spacial score (nSPS) is 11.3. The van der Waals surface area contributed by atoms with Crippen LogP contribution in [0.5, 0.6) is 5.75 Å². The van der Waals surface area contributed by atoms with Gasteiger partial charge in [0.2, 0.25) is 5.95 Å². The summed E-state index contributed by atoms with van der Waals surface area (Å²) < 4.78 is 8.79. The molecule has 2 aromatic heterocycles. The van der Waals surface area contributed by atoms with Crippen LogP contribution in [0.3, 0.4) is 0 Å². The average Bonchev–Trinajstić information content (AvgIpc) is 3.20. The lowest BCUT2D eigenvalue weighted by Gasteiger charge is -2.11. The van der Waals surface area contributed by atoms with Crippen molar-refractivity contribution in [1.29, 1.82) is 0 Å². The first kappa shape index (κ1) is 22.8. The molecule has 0 saturated heterocycles. The number of rotatable bonds is 9. The topological polar surface area (TPSA) is 110 Å². The summed E-state index contributed by atoms with van der Waals surface area (Å²) in [5.74, 6) is 1.14. The number of aryl methyl sites for hydroxylation is 2. The monoisotopic (exact) mass is 461 g/mol. The number of imidazole rings is 1. The minimum absolute atomic E-state index is 0.283. The largest absolute Gasteiger partial charge is 0.494 e. The molecule has 2 heterocycles. The molecule has 0 aliphatic rings. The van der Waals surface area contributed by atoms with E-state index in [1.807, 2.05) is 73.6 Å². The molecule has 0 amide bonds. The number of anilines is 2. The fraction of sp³-hybridized carbons (Fsp3) is 0.250. The Kier molecular flexibility index (Phi) is 6.77. The van der Waals surface area contributed by atoms with Crippen molar-refractivity contribution in [2.75, 3.05) is 31.0 Å². The maximum atomic E-state index is 12.6. The van der Waals surface area contributed by atoms with Crippen LogP contribution in [0, 0.1) is 0 Å². The van der Waals surface area contributed by atoms with E-state index >= 15 is 0 Å². The van der Waals surface area contributed by atoms with Crippen molar-refractivity contribution in [3.63, 3.8) is 0 Å². The Morgan fingerprint density at radius 2 is 1.85 bits per heavy atom. The fourth-order valence-electron chi connectivity index (χ4n) is 3.49. The Bertz CT molecular complexity index is 1400. The molecule has 4 aromatic rings. The number of H-pyrrole nitrogens is 1. The summed E-state index contributed by atoms with van der Waals surface area (Å²) in [6, 6.07) is 17.4. The lowest BCUT2D eigenvalue weighted by molar-refractivity contribution is 0.303. The van der Waals surface area contributed by atoms with Gasteiger partial charge >= 0.3 is 5.69 Å². The van der Waals surface area contributed by atoms with Crippen molar-refractivity contribution in [2.24, 2.45) is 12.1 Å². The lowest BCUT2D eigenvalue weighted by Crippen LogP contribution is -2.29. The van der Waals surface area contributed by atoms with E-state index in [-0.39, 0.29) is 5.65 Å². The number of nitrogens with zero attached hydrogens (tertiary/aromatic N) is 5. The molecule has 0 aliphatic carbocycles. The van der Waals surface area contributed by atoms with Crippen molar-refractivity contribution in [3.05, 3.63) is 81.0 Å². The summed E-state index contributed by atoms with van der Waals surface area (Å²) in [6.07, 6.45) is 2.29. The first-order valence-electron chi connectivity index (χ1n) is 10.9. The molecule has 176 valence electrons. The molecule has 0 fully saturated rings. The van der Waals surface area contributed by atoms with Gasteiger partial charge in [-0.1, -0.05) is 30.3 Å². The second-order valence-corrected chi connectivity index (χ2v) is 7.95. The van der Waals surface area contributed by atoms with E-state index in [1.54, 1.807) is 17.8 Å². The molecule has 0 radical (unpaired) electrons. The van der Waals surface area contributed by atoms with Crippen LogP contribution in [0.15, 0.2) is 69.3 Å². The molecule has 4 rings (SSSR count). The van der Waals surface area contributed by atoms with Crippen LogP contribution in [-0.2, 0) is 13.6 Å². The lowest BCUT2D eigenvalue weighted by atomic mass is 10.2. The number of hydrogen-bond donors (Lipinski definition) is 2. The Morgan fingerprint density at radius 3 is 2.56 bits per heavy atom. The third-order valence-corrected chi connectivity index (χ3v) is 5.33. The van der Waals surface area contributed by atoms with Gasteiger partial charge in [-0.3, -0.25) is 14.3 Å². The molecule has 2 aromatic carbocycles. The summed E-state index contributed by atoms with van der Waals surface area (Å²) in [5.41, 5.74) is 4.48. The predicted molar refractivity (Wildman–Crippen MR) is 134 cm³/mol. The van der Waals surface area contributed by atoms with Gasteiger partial charge in [0.25, 0.3) is 5.56 Å². The second kappa shape index (κ2) is 10.1. The van der Waals surface area contributed by atoms with E-state index in [0.29, 0.717) is 31.0 Å². The smallest absolute Gasteiger partial charge is 0.329 e. The summed E-state index contributed by atoms with van der Waals surface area (Å²) in [5, 5.41) is 4.30. The number of nitrogens with one attached hydrogen (secondary N) is 2. The number of benzene rings is 2. The number of ether oxygens (including phenoxy) is 1. The minimum Gasteiger partial charge on any atom is -0.494 e. The van der Waals surface area contributed by atoms with Gasteiger partial charge in [-0.25, -0.2) is 10.2 Å². The highest BCUT2D eigenvalue weighted by atomic mass is 16.5. The van der Waals surface area contributed by atoms with Gasteiger partial charge in [-0.15, -0.1) is 0 Å². The van der Waals surface area contributed by atoms with Gasteiger partial charge in [0.15, 0.2) is 11.2 Å². The van der Waals surface area contributed by atoms with Gasteiger partial charge in [-0.05, 0) is 36.2 Å². The van der Waals surface area contributed by atoms with Gasteiger partial charge < -0.3 is 14.2 Å². The number of aromatic amines is 1. The molecular weight excluding hydrogens is 434 g/mol. The molecule has 0 aliphatic heterocycles. The van der Waals surface area contributed by atoms with E-state index in [1.165, 1.54) is 4.57 Å². The third kappa shape index (κ3) is 5.01. The number of hydrogen-bond acceptors (Lipinski definition) is 7. The van der Waals surface area contributed by atoms with E-state index in [4.69, 9.17) is 4.74 Å². The van der Waals surface area contributed by atoms with Crippen LogP contribution in [0.25, 0.3) is 11.2 Å². The van der Waals surface area contributed by atoms with Crippen molar-refractivity contribution >= 4 is 29.0 Å². The number of hydrazone groups is 1. The van der Waals surface area contributed by atoms with Crippen LogP contribution >= 0.6 is 0 Å². The molecule has 2 N–H and O–H groups in total. The summed E-state index contributed by atoms with van der Waals surface area (Å²) >= 11 is 0. The summed E-state index contributed by atoms with van der Waals surface area (Å²) in [6.45, 7) is 0.897. The minimum atomic E-state index is -0.523. The van der Waals surface area contributed by atoms with Gasteiger partial charge in [0.05, 0.1) is 12.8 Å². The zero-order valence-corrected chi connectivity index (χ0v) is 19.4. The highest BCUT2D eigenvalue weighted by molar-refractivity contribution is 5.81. The standard InChI is InChI=1S/C24H27N7O3/c1-29(2)18-12-10-17(11-13-18)16-25-28-23-26-21-20(22(32)27-24(33)30(21)3)31(23)14-7-15-34-19-8-5-4-6-9-19/h4-6,8-13,16H,7,14-15H2,1-3H3,(H,26,28)(H,27,32,33)/b25-16+. The second-order valence-electron chi connectivity index (χ2n) is 7.95. The van der Waals surface area contributed by atoms with Crippen molar-refractivity contribution < 1.29 is 4.74 Å². The van der Waals surface area contributed by atoms with Crippen LogP contribution in [0.2, 0.25) is 0 Å². The maximum Gasteiger partial charge on any atom is 0.329 e. The fourth-order valence-corrected chi connectivity index (χ4v) is 3.49. The highest BCUT2D eigenvalue weighted by Gasteiger charge is 2.17. The highest BCUT2D eigenvalue weighted by Crippen LogP contribution is 2.17. The molecule has 0 unspecified atom stereocenters. The number of aromatic nitrogens is 4. The van der Waals surface area contributed by atoms with E-state index in [2.05, 4.69) is 20.5 Å². The Hall–Kier alpha value is -4.34. The number of fused-ring (bicyclic) bond motifs is 1. The summed E-state index contributed by atoms with van der Waals surface area (Å²) in [4.78, 5) is 33.5. The molecule has 0 bridgehead atoms. The summed E-state index contributed by atoms with van der Waals surface area (Å²) in [7, 11) is 5.53. The molecular formula is C24H27N7O3. The van der Waals surface area contributed by atoms with Gasteiger partial charge in [-0.2, -0.15) is 10.1 Å². The first-order chi connectivity index (χ1) is 16.4. The third-order valence-electron chi connectivity index (χ3n) is 5.33. The average molecular weight is 462 g/mol. The van der Waals surface area contributed by atoms with E-state index in [9.17, 15) is 9.59 Å². The van der Waals surface area contributed by atoms with Crippen molar-refractivity contribution in [3.8, 4) is 5.75 Å². The molecule has 34 heavy (non-hydrogen) atoms. The molecule has 0 atom stereocenters. The SMILES string of the molecule is CN(C)c1ccc(/C=N/Nc2nc3c(c(=O)[nH]c(=O)n3C)n2CCCOc2ccccc2)cc1. The zero-order valence-electron chi connectivity index (χ0n) is 19.4. The van der Waals surface area contributed by atoms with Crippen LogP contribution in [0.4, 0.5) is 11.6 Å². The Balaban J connectivity index is 1.55. The van der Waals surface area contributed by atoms with Crippen LogP contribution in [-0.4, -0.2) is 46.0 Å². The molecule has 0 spiro atoms. The van der Waals surface area contributed by atoms with Crippen molar-refractivity contribution in [1.82, 2.24) is 19.1 Å². The quantitative estimate of drug-likeness (QED) is 0.225. The van der Waals surface area contributed by atoms with E-state index < -0.39 is 11.2 Å².